The lowest BCUT2D eigenvalue weighted by Gasteiger charge is -2.34. The van der Waals surface area contributed by atoms with E-state index in [0.29, 0.717) is 5.95 Å². The SMILES string of the molecule is CCN1CCN(c2ccnc(NCCc3ccccc3OC)n2)CC1. The topological polar surface area (TPSA) is 53.5 Å². The highest BCUT2D eigenvalue weighted by molar-refractivity contribution is 5.43. The van der Waals surface area contributed by atoms with Gasteiger partial charge in [-0.15, -0.1) is 0 Å². The van der Waals surface area contributed by atoms with Gasteiger partial charge in [0, 0.05) is 38.9 Å². The molecule has 1 aliphatic heterocycles. The Kier molecular flexibility index (Phi) is 6.06. The number of hydrogen-bond donors (Lipinski definition) is 1. The molecule has 0 amide bonds. The van der Waals surface area contributed by atoms with Crippen LogP contribution in [0.25, 0.3) is 0 Å². The Morgan fingerprint density at radius 1 is 1.12 bits per heavy atom. The number of piperazine rings is 1. The highest BCUT2D eigenvalue weighted by atomic mass is 16.5. The number of para-hydroxylation sites is 1. The molecule has 0 atom stereocenters. The van der Waals surface area contributed by atoms with Gasteiger partial charge in [-0.1, -0.05) is 25.1 Å². The van der Waals surface area contributed by atoms with Gasteiger partial charge in [0.05, 0.1) is 7.11 Å². The molecule has 6 nitrogen and oxygen atoms in total. The first kappa shape index (κ1) is 17.5. The van der Waals surface area contributed by atoms with E-state index >= 15 is 0 Å². The van der Waals surface area contributed by atoms with Gasteiger partial charge in [-0.05, 0) is 30.7 Å². The number of rotatable bonds is 7. The normalized spacial score (nSPS) is 15.2. The summed E-state index contributed by atoms with van der Waals surface area (Å²) in [6.45, 7) is 8.33. The molecule has 6 heteroatoms. The molecule has 1 aromatic heterocycles. The van der Waals surface area contributed by atoms with Crippen molar-refractivity contribution >= 4 is 11.8 Å². The van der Waals surface area contributed by atoms with Gasteiger partial charge in [-0.3, -0.25) is 0 Å². The minimum absolute atomic E-state index is 0.685. The Labute approximate surface area is 149 Å². The zero-order valence-corrected chi connectivity index (χ0v) is 15.1. The summed E-state index contributed by atoms with van der Waals surface area (Å²) < 4.78 is 5.39. The van der Waals surface area contributed by atoms with Crippen LogP contribution in [0.2, 0.25) is 0 Å². The van der Waals surface area contributed by atoms with E-state index in [-0.39, 0.29) is 0 Å². The summed E-state index contributed by atoms with van der Waals surface area (Å²) >= 11 is 0. The van der Waals surface area contributed by atoms with E-state index in [0.717, 1.165) is 57.3 Å². The lowest BCUT2D eigenvalue weighted by atomic mass is 10.1. The van der Waals surface area contributed by atoms with Gasteiger partial charge in [-0.25, -0.2) is 4.98 Å². The summed E-state index contributed by atoms with van der Waals surface area (Å²) in [7, 11) is 1.71. The molecule has 0 unspecified atom stereocenters. The number of benzene rings is 1. The van der Waals surface area contributed by atoms with Crippen LogP contribution >= 0.6 is 0 Å². The first-order valence-electron chi connectivity index (χ1n) is 8.96. The average Bonchev–Trinajstić information content (AvgIpc) is 2.69. The molecule has 2 aromatic rings. The second-order valence-electron chi connectivity index (χ2n) is 6.15. The summed E-state index contributed by atoms with van der Waals surface area (Å²) in [6, 6.07) is 10.1. The molecule has 25 heavy (non-hydrogen) atoms. The van der Waals surface area contributed by atoms with Gasteiger partial charge in [0.15, 0.2) is 0 Å². The van der Waals surface area contributed by atoms with Gasteiger partial charge in [0.25, 0.3) is 0 Å². The van der Waals surface area contributed by atoms with Crippen LogP contribution in [-0.2, 0) is 6.42 Å². The predicted molar refractivity (Wildman–Crippen MR) is 102 cm³/mol. The second-order valence-corrected chi connectivity index (χ2v) is 6.15. The summed E-state index contributed by atoms with van der Waals surface area (Å²) in [5.41, 5.74) is 1.18. The van der Waals surface area contributed by atoms with Crippen LogP contribution in [0.3, 0.4) is 0 Å². The maximum Gasteiger partial charge on any atom is 0.224 e. The summed E-state index contributed by atoms with van der Waals surface area (Å²) in [4.78, 5) is 13.8. The zero-order valence-electron chi connectivity index (χ0n) is 15.1. The number of aromatic nitrogens is 2. The number of nitrogens with one attached hydrogen (secondary N) is 1. The molecule has 0 radical (unpaired) electrons. The quantitative estimate of drug-likeness (QED) is 0.834. The van der Waals surface area contributed by atoms with Crippen molar-refractivity contribution in [3.8, 4) is 5.75 Å². The van der Waals surface area contributed by atoms with Crippen molar-refractivity contribution in [2.24, 2.45) is 0 Å². The maximum absolute atomic E-state index is 5.39. The fraction of sp³-hybridized carbons (Fsp3) is 0.474. The van der Waals surface area contributed by atoms with Gasteiger partial charge in [0.2, 0.25) is 5.95 Å². The Morgan fingerprint density at radius 3 is 2.68 bits per heavy atom. The molecule has 3 rings (SSSR count). The lowest BCUT2D eigenvalue weighted by molar-refractivity contribution is 0.270. The molecule has 1 fully saturated rings. The van der Waals surface area contributed by atoms with Gasteiger partial charge in [0.1, 0.15) is 11.6 Å². The third-order valence-corrected chi connectivity index (χ3v) is 4.65. The van der Waals surface area contributed by atoms with Crippen LogP contribution < -0.4 is 15.0 Å². The van der Waals surface area contributed by atoms with E-state index < -0.39 is 0 Å². The van der Waals surface area contributed by atoms with Gasteiger partial charge in [-0.2, -0.15) is 4.98 Å². The third kappa shape index (κ3) is 4.60. The predicted octanol–water partition coefficient (Wildman–Crippen LogP) is 2.28. The minimum atomic E-state index is 0.685. The van der Waals surface area contributed by atoms with E-state index in [1.165, 1.54) is 5.56 Å². The minimum Gasteiger partial charge on any atom is -0.496 e. The van der Waals surface area contributed by atoms with Gasteiger partial charge >= 0.3 is 0 Å². The summed E-state index contributed by atoms with van der Waals surface area (Å²) in [5.74, 6) is 2.61. The van der Waals surface area contributed by atoms with E-state index in [2.05, 4.69) is 38.1 Å². The van der Waals surface area contributed by atoms with E-state index in [1.54, 1.807) is 7.11 Å². The fourth-order valence-corrected chi connectivity index (χ4v) is 3.12. The van der Waals surface area contributed by atoms with E-state index in [1.807, 2.05) is 30.5 Å². The van der Waals surface area contributed by atoms with Crippen molar-refractivity contribution in [2.75, 3.05) is 56.6 Å². The number of methoxy groups -OCH3 is 1. The molecule has 2 heterocycles. The Morgan fingerprint density at radius 2 is 1.92 bits per heavy atom. The lowest BCUT2D eigenvalue weighted by Crippen LogP contribution is -2.46. The number of nitrogens with zero attached hydrogens (tertiary/aromatic N) is 4. The van der Waals surface area contributed by atoms with Gasteiger partial charge < -0.3 is 19.9 Å². The Balaban J connectivity index is 1.55. The van der Waals surface area contributed by atoms with Crippen molar-refractivity contribution in [1.29, 1.82) is 0 Å². The van der Waals surface area contributed by atoms with Crippen molar-refractivity contribution in [2.45, 2.75) is 13.3 Å². The number of hydrogen-bond acceptors (Lipinski definition) is 6. The molecule has 0 aliphatic carbocycles. The molecule has 0 spiro atoms. The van der Waals surface area contributed by atoms with Crippen LogP contribution in [-0.4, -0.2) is 61.2 Å². The highest BCUT2D eigenvalue weighted by Crippen LogP contribution is 2.18. The molecule has 1 saturated heterocycles. The van der Waals surface area contributed by atoms with Crippen LogP contribution in [0.15, 0.2) is 36.5 Å². The largest absolute Gasteiger partial charge is 0.496 e. The Bertz CT molecular complexity index is 670. The third-order valence-electron chi connectivity index (χ3n) is 4.65. The first-order valence-corrected chi connectivity index (χ1v) is 8.96. The first-order chi connectivity index (χ1) is 12.3. The number of anilines is 2. The fourth-order valence-electron chi connectivity index (χ4n) is 3.12. The highest BCUT2D eigenvalue weighted by Gasteiger charge is 2.17. The second kappa shape index (κ2) is 8.67. The maximum atomic E-state index is 5.39. The number of ether oxygens (including phenoxy) is 1. The van der Waals surface area contributed by atoms with Crippen LogP contribution in [0.4, 0.5) is 11.8 Å². The smallest absolute Gasteiger partial charge is 0.224 e. The zero-order chi connectivity index (χ0) is 17.5. The number of likely N-dealkylation sites (N-methyl/N-ethyl adjacent to an activating group) is 1. The molecule has 0 saturated carbocycles. The molecular formula is C19H27N5O. The van der Waals surface area contributed by atoms with E-state index in [9.17, 15) is 0 Å². The van der Waals surface area contributed by atoms with Crippen molar-refractivity contribution < 1.29 is 4.74 Å². The average molecular weight is 341 g/mol. The van der Waals surface area contributed by atoms with E-state index in [4.69, 9.17) is 4.74 Å². The van der Waals surface area contributed by atoms with Crippen LogP contribution in [0.5, 0.6) is 5.75 Å². The molecule has 1 aromatic carbocycles. The van der Waals surface area contributed by atoms with Crippen LogP contribution in [0, 0.1) is 0 Å². The van der Waals surface area contributed by atoms with Crippen molar-refractivity contribution in [1.82, 2.24) is 14.9 Å². The molecule has 134 valence electrons. The summed E-state index contributed by atoms with van der Waals surface area (Å²) in [6.07, 6.45) is 2.70. The van der Waals surface area contributed by atoms with Crippen LogP contribution in [0.1, 0.15) is 12.5 Å². The summed E-state index contributed by atoms with van der Waals surface area (Å²) in [5, 5.41) is 3.33. The molecule has 1 aliphatic rings. The molecule has 1 N–H and O–H groups in total. The monoisotopic (exact) mass is 341 g/mol. The Hall–Kier alpha value is -2.34. The molecule has 0 bridgehead atoms. The van der Waals surface area contributed by atoms with Crippen molar-refractivity contribution in [3.05, 3.63) is 42.1 Å². The standard InChI is InChI=1S/C19H27N5O/c1-3-23-12-14-24(15-13-23)18-9-11-21-19(22-18)20-10-8-16-6-4-5-7-17(16)25-2/h4-7,9,11H,3,8,10,12-15H2,1-2H3,(H,20,21,22). The van der Waals surface area contributed by atoms with Crippen molar-refractivity contribution in [3.63, 3.8) is 0 Å². The molecular weight excluding hydrogens is 314 g/mol.